The van der Waals surface area contributed by atoms with Crippen molar-refractivity contribution in [2.45, 2.75) is 13.0 Å². The van der Waals surface area contributed by atoms with Gasteiger partial charge in [0.25, 0.3) is 11.1 Å². The van der Waals surface area contributed by atoms with E-state index in [0.717, 1.165) is 37.9 Å². The van der Waals surface area contributed by atoms with Crippen LogP contribution in [0.4, 0.5) is 4.79 Å². The number of fused-ring (bicyclic) bond motifs is 1. The van der Waals surface area contributed by atoms with Crippen LogP contribution in [0.15, 0.2) is 64.9 Å². The number of rotatable bonds is 5. The molecule has 0 saturated carbocycles. The quantitative estimate of drug-likeness (QED) is 0.599. The summed E-state index contributed by atoms with van der Waals surface area (Å²) in [7, 11) is 0. The number of nitrogens with zero attached hydrogens (tertiary/aromatic N) is 1. The minimum absolute atomic E-state index is 0.242. The zero-order chi connectivity index (χ0) is 20.4. The van der Waals surface area contributed by atoms with Crippen molar-refractivity contribution in [2.24, 2.45) is 0 Å². The van der Waals surface area contributed by atoms with Gasteiger partial charge in [0, 0.05) is 4.88 Å². The van der Waals surface area contributed by atoms with Gasteiger partial charge in [-0.15, -0.1) is 11.3 Å². The van der Waals surface area contributed by atoms with E-state index in [1.54, 1.807) is 6.08 Å². The Balaban J connectivity index is 1.42. The van der Waals surface area contributed by atoms with Gasteiger partial charge in [0.2, 0.25) is 5.91 Å². The van der Waals surface area contributed by atoms with Crippen LogP contribution in [0.5, 0.6) is 0 Å². The highest BCUT2D eigenvalue weighted by Gasteiger charge is 2.36. The topological polar surface area (TPSA) is 66.5 Å². The third-order valence-electron chi connectivity index (χ3n) is 4.64. The predicted molar refractivity (Wildman–Crippen MR) is 118 cm³/mol. The lowest BCUT2D eigenvalue weighted by Crippen LogP contribution is -2.40. The van der Waals surface area contributed by atoms with E-state index in [1.165, 1.54) is 11.3 Å². The van der Waals surface area contributed by atoms with Gasteiger partial charge >= 0.3 is 0 Å². The molecule has 1 aliphatic heterocycles. The SMILES string of the molecule is CC(NC(=O)CN1C(=O)S/C(=C\c2cccs2)C1=O)c1ccc2ccccc2c1. The van der Waals surface area contributed by atoms with Crippen LogP contribution in [0.3, 0.4) is 0 Å². The Morgan fingerprint density at radius 2 is 1.90 bits per heavy atom. The second-order valence-electron chi connectivity index (χ2n) is 6.68. The lowest BCUT2D eigenvalue weighted by Gasteiger charge is -2.17. The van der Waals surface area contributed by atoms with Gasteiger partial charge in [-0.3, -0.25) is 19.3 Å². The van der Waals surface area contributed by atoms with Crippen LogP contribution in [-0.2, 0) is 9.59 Å². The number of hydrogen-bond donors (Lipinski definition) is 1. The van der Waals surface area contributed by atoms with Crippen molar-refractivity contribution in [1.29, 1.82) is 0 Å². The van der Waals surface area contributed by atoms with E-state index in [0.29, 0.717) is 4.91 Å². The van der Waals surface area contributed by atoms with Crippen molar-refractivity contribution < 1.29 is 14.4 Å². The largest absolute Gasteiger partial charge is 0.348 e. The summed E-state index contributed by atoms with van der Waals surface area (Å²) in [6, 6.07) is 17.5. The summed E-state index contributed by atoms with van der Waals surface area (Å²) in [4.78, 5) is 39.4. The molecule has 1 saturated heterocycles. The van der Waals surface area contributed by atoms with Crippen LogP contribution in [0, 0.1) is 0 Å². The van der Waals surface area contributed by atoms with Crippen molar-refractivity contribution in [2.75, 3.05) is 6.54 Å². The summed E-state index contributed by atoms with van der Waals surface area (Å²) in [6.45, 7) is 1.59. The monoisotopic (exact) mass is 422 g/mol. The maximum atomic E-state index is 12.5. The molecule has 7 heteroatoms. The predicted octanol–water partition coefficient (Wildman–Crippen LogP) is 4.82. The van der Waals surface area contributed by atoms with Crippen LogP contribution in [0.2, 0.25) is 0 Å². The Bertz CT molecular complexity index is 1120. The first-order valence-corrected chi connectivity index (χ1v) is 10.8. The van der Waals surface area contributed by atoms with Crippen molar-refractivity contribution in [1.82, 2.24) is 10.2 Å². The number of imide groups is 1. The number of amides is 3. The maximum absolute atomic E-state index is 12.5. The average molecular weight is 423 g/mol. The van der Waals surface area contributed by atoms with E-state index in [2.05, 4.69) is 5.32 Å². The number of carbonyl (C=O) groups is 3. The van der Waals surface area contributed by atoms with E-state index >= 15 is 0 Å². The molecule has 29 heavy (non-hydrogen) atoms. The molecule has 0 spiro atoms. The second-order valence-corrected chi connectivity index (χ2v) is 8.65. The zero-order valence-corrected chi connectivity index (χ0v) is 17.3. The first-order valence-electron chi connectivity index (χ1n) is 9.08. The average Bonchev–Trinajstić information content (AvgIpc) is 3.31. The van der Waals surface area contributed by atoms with E-state index in [9.17, 15) is 14.4 Å². The Labute approximate surface area is 176 Å². The Kier molecular flexibility index (Phi) is 5.51. The van der Waals surface area contributed by atoms with E-state index in [1.807, 2.05) is 66.9 Å². The fourth-order valence-corrected chi connectivity index (χ4v) is 4.69. The molecule has 0 radical (unpaired) electrons. The lowest BCUT2D eigenvalue weighted by molar-refractivity contribution is -0.129. The molecule has 3 aromatic rings. The first kappa shape index (κ1) is 19.4. The summed E-state index contributed by atoms with van der Waals surface area (Å²) in [6.07, 6.45) is 1.69. The number of benzene rings is 2. The van der Waals surface area contributed by atoms with Crippen molar-refractivity contribution in [3.05, 3.63) is 75.3 Å². The number of nitrogens with one attached hydrogen (secondary N) is 1. The maximum Gasteiger partial charge on any atom is 0.294 e. The molecular weight excluding hydrogens is 404 g/mol. The third kappa shape index (κ3) is 4.26. The van der Waals surface area contributed by atoms with Crippen LogP contribution in [-0.4, -0.2) is 28.5 Å². The van der Waals surface area contributed by atoms with Gasteiger partial charge in [-0.1, -0.05) is 42.5 Å². The molecule has 1 fully saturated rings. The summed E-state index contributed by atoms with van der Waals surface area (Å²) in [5.41, 5.74) is 0.962. The Morgan fingerprint density at radius 1 is 1.10 bits per heavy atom. The third-order valence-corrected chi connectivity index (χ3v) is 6.37. The van der Waals surface area contributed by atoms with Crippen LogP contribution >= 0.6 is 23.1 Å². The number of carbonyl (C=O) groups excluding carboxylic acids is 3. The Morgan fingerprint density at radius 3 is 2.66 bits per heavy atom. The molecule has 4 rings (SSSR count). The molecule has 2 aromatic carbocycles. The van der Waals surface area contributed by atoms with Crippen molar-refractivity contribution >= 4 is 57.0 Å². The van der Waals surface area contributed by atoms with Gasteiger partial charge in [-0.05, 0) is 58.6 Å². The van der Waals surface area contributed by atoms with Crippen molar-refractivity contribution in [3.63, 3.8) is 0 Å². The van der Waals surface area contributed by atoms with Gasteiger partial charge in [-0.25, -0.2) is 0 Å². The molecule has 1 N–H and O–H groups in total. The van der Waals surface area contributed by atoms with Gasteiger partial charge in [-0.2, -0.15) is 0 Å². The van der Waals surface area contributed by atoms with Crippen molar-refractivity contribution in [3.8, 4) is 0 Å². The van der Waals surface area contributed by atoms with E-state index in [-0.39, 0.29) is 18.5 Å². The van der Waals surface area contributed by atoms with Gasteiger partial charge in [0.15, 0.2) is 0 Å². The van der Waals surface area contributed by atoms with Gasteiger partial charge in [0.05, 0.1) is 10.9 Å². The molecule has 0 aliphatic carbocycles. The minimum Gasteiger partial charge on any atom is -0.348 e. The number of thioether (sulfide) groups is 1. The second kappa shape index (κ2) is 8.23. The molecule has 5 nitrogen and oxygen atoms in total. The summed E-state index contributed by atoms with van der Waals surface area (Å²) >= 11 is 2.35. The highest BCUT2D eigenvalue weighted by atomic mass is 32.2. The number of thiophene rings is 1. The zero-order valence-electron chi connectivity index (χ0n) is 15.6. The van der Waals surface area contributed by atoms with Crippen LogP contribution in [0.25, 0.3) is 16.8 Å². The smallest absolute Gasteiger partial charge is 0.294 e. The van der Waals surface area contributed by atoms with Gasteiger partial charge in [0.1, 0.15) is 6.54 Å². The molecule has 1 aliphatic rings. The fraction of sp³-hybridized carbons (Fsp3) is 0.136. The summed E-state index contributed by atoms with van der Waals surface area (Å²) < 4.78 is 0. The molecule has 0 bridgehead atoms. The number of hydrogen-bond acceptors (Lipinski definition) is 5. The molecule has 146 valence electrons. The minimum atomic E-state index is -0.429. The standard InChI is InChI=1S/C22H18N2O3S2/c1-14(16-9-8-15-5-2-3-6-17(15)11-16)23-20(25)13-24-21(26)19(29-22(24)27)12-18-7-4-10-28-18/h2-12,14H,13H2,1H3,(H,23,25)/b19-12-. The summed E-state index contributed by atoms with van der Waals surface area (Å²) in [5, 5.41) is 6.58. The molecule has 1 aromatic heterocycles. The molecule has 1 atom stereocenters. The first-order chi connectivity index (χ1) is 14.0. The van der Waals surface area contributed by atoms with E-state index < -0.39 is 11.1 Å². The summed E-state index contributed by atoms with van der Waals surface area (Å²) in [5.74, 6) is -0.799. The molecule has 3 amide bonds. The highest BCUT2D eigenvalue weighted by Crippen LogP contribution is 2.32. The van der Waals surface area contributed by atoms with E-state index in [4.69, 9.17) is 0 Å². The molecular formula is C22H18N2O3S2. The lowest BCUT2D eigenvalue weighted by atomic mass is 10.0. The highest BCUT2D eigenvalue weighted by molar-refractivity contribution is 8.18. The Hall–Kier alpha value is -2.90. The van der Waals surface area contributed by atoms with Crippen LogP contribution < -0.4 is 5.32 Å². The molecule has 2 heterocycles. The van der Waals surface area contributed by atoms with Gasteiger partial charge < -0.3 is 5.32 Å². The fourth-order valence-electron chi connectivity index (χ4n) is 3.13. The van der Waals surface area contributed by atoms with Crippen LogP contribution in [0.1, 0.15) is 23.4 Å². The normalized spacial score (nSPS) is 16.6. The molecule has 1 unspecified atom stereocenters.